The third-order valence-electron chi connectivity index (χ3n) is 1.40. The lowest BCUT2D eigenvalue weighted by Gasteiger charge is -2.10. The van der Waals surface area contributed by atoms with Crippen molar-refractivity contribution in [1.29, 1.82) is 0 Å². The van der Waals surface area contributed by atoms with Crippen LogP contribution in [0, 0.1) is 5.92 Å². The van der Waals surface area contributed by atoms with Crippen LogP contribution in [-0.4, -0.2) is 25.5 Å². The molecule has 0 atom stereocenters. The van der Waals surface area contributed by atoms with Gasteiger partial charge in [-0.3, -0.25) is 0 Å². The van der Waals surface area contributed by atoms with E-state index in [1.54, 1.807) is 0 Å². The Hall–Kier alpha value is -0.820. The first kappa shape index (κ1) is 12.2. The Morgan fingerprint density at radius 3 is 1.23 bits per heavy atom. The molecule has 0 heterocycles. The minimum Gasteiger partial charge on any atom is -0.309 e. The van der Waals surface area contributed by atoms with Gasteiger partial charge in [-0.15, -0.1) is 0 Å². The van der Waals surface area contributed by atoms with Gasteiger partial charge in [-0.2, -0.15) is 0 Å². The van der Waals surface area contributed by atoms with Gasteiger partial charge in [0.1, 0.15) is 0 Å². The number of benzene rings is 1. The molecule has 0 N–H and O–H groups in total. The Morgan fingerprint density at radius 2 is 1.15 bits per heavy atom. The zero-order valence-electron chi connectivity index (χ0n) is 9.20. The molecule has 0 saturated carbocycles. The van der Waals surface area contributed by atoms with Crippen LogP contribution in [0.15, 0.2) is 36.4 Å². The van der Waals surface area contributed by atoms with Crippen molar-refractivity contribution < 1.29 is 0 Å². The van der Waals surface area contributed by atoms with Gasteiger partial charge in [-0.25, -0.2) is 0 Å². The normalized spacial score (nSPS) is 9.69. The van der Waals surface area contributed by atoms with Gasteiger partial charge in [-0.05, 0) is 26.6 Å². The fourth-order valence-corrected chi connectivity index (χ4v) is 1.12. The first-order valence-corrected chi connectivity index (χ1v) is 4.77. The highest BCUT2D eigenvalue weighted by Gasteiger charge is 1.92. The van der Waals surface area contributed by atoms with Crippen LogP contribution in [0.4, 0.5) is 0 Å². The zero-order valence-corrected chi connectivity index (χ0v) is 9.20. The van der Waals surface area contributed by atoms with Gasteiger partial charge in [0.2, 0.25) is 0 Å². The molecular formula is C12H21N. The third kappa shape index (κ3) is 11.2. The predicted octanol–water partition coefficient (Wildman–Crippen LogP) is 2.89. The fraction of sp³-hybridized carbons (Fsp3) is 0.500. The van der Waals surface area contributed by atoms with E-state index in [-0.39, 0.29) is 0 Å². The van der Waals surface area contributed by atoms with Crippen molar-refractivity contribution in [3.8, 4) is 0 Å². The molecular weight excluding hydrogens is 158 g/mol. The maximum atomic E-state index is 2.22. The minimum absolute atomic E-state index is 0.801. The van der Waals surface area contributed by atoms with E-state index in [2.05, 4.69) is 32.8 Å². The molecule has 1 heteroatoms. The van der Waals surface area contributed by atoms with Crippen molar-refractivity contribution in [2.75, 3.05) is 20.6 Å². The number of hydrogen-bond donors (Lipinski definition) is 0. The second kappa shape index (κ2) is 7.81. The second-order valence-corrected chi connectivity index (χ2v) is 3.81. The van der Waals surface area contributed by atoms with E-state index in [1.165, 1.54) is 6.54 Å². The van der Waals surface area contributed by atoms with Gasteiger partial charge in [0.15, 0.2) is 0 Å². The molecule has 0 bridgehead atoms. The molecule has 0 aliphatic carbocycles. The third-order valence-corrected chi connectivity index (χ3v) is 1.40. The highest BCUT2D eigenvalue weighted by Crippen LogP contribution is 1.90. The van der Waals surface area contributed by atoms with Crippen LogP contribution in [-0.2, 0) is 0 Å². The summed E-state index contributed by atoms with van der Waals surface area (Å²) in [5.41, 5.74) is 0. The molecule has 0 amide bonds. The standard InChI is InChI=1S/C6H15N.C6H6/c1-6(2)5-7(3)4;1-2-4-6-5-3-1/h6H,5H2,1-4H3;1-6H. The molecule has 0 aromatic heterocycles. The number of hydrogen-bond acceptors (Lipinski definition) is 1. The van der Waals surface area contributed by atoms with Gasteiger partial charge in [0.25, 0.3) is 0 Å². The summed E-state index contributed by atoms with van der Waals surface area (Å²) in [7, 11) is 4.19. The van der Waals surface area contributed by atoms with Crippen molar-refractivity contribution in [1.82, 2.24) is 4.90 Å². The van der Waals surface area contributed by atoms with Gasteiger partial charge in [0.05, 0.1) is 0 Å². The van der Waals surface area contributed by atoms with Crippen LogP contribution in [0.2, 0.25) is 0 Å². The summed E-state index contributed by atoms with van der Waals surface area (Å²) in [6.07, 6.45) is 0. The van der Waals surface area contributed by atoms with Gasteiger partial charge in [0, 0.05) is 0 Å². The van der Waals surface area contributed by atoms with Gasteiger partial charge < -0.3 is 4.90 Å². The molecule has 0 radical (unpaired) electrons. The van der Waals surface area contributed by atoms with Crippen LogP contribution < -0.4 is 0 Å². The maximum Gasteiger partial charge on any atom is -0.000172 e. The van der Waals surface area contributed by atoms with E-state index >= 15 is 0 Å². The van der Waals surface area contributed by atoms with E-state index < -0.39 is 0 Å². The Balaban J connectivity index is 0.000000223. The van der Waals surface area contributed by atoms with E-state index in [1.807, 2.05) is 36.4 Å². The topological polar surface area (TPSA) is 3.24 Å². The molecule has 0 saturated heterocycles. The average Bonchev–Trinajstić information content (AvgIpc) is 2.06. The molecule has 13 heavy (non-hydrogen) atoms. The van der Waals surface area contributed by atoms with Gasteiger partial charge in [-0.1, -0.05) is 50.2 Å². The molecule has 1 rings (SSSR count). The monoisotopic (exact) mass is 179 g/mol. The lowest BCUT2D eigenvalue weighted by Crippen LogP contribution is -2.17. The summed E-state index contributed by atoms with van der Waals surface area (Å²) in [4.78, 5) is 2.20. The lowest BCUT2D eigenvalue weighted by molar-refractivity contribution is 0.354. The predicted molar refractivity (Wildman–Crippen MR) is 59.8 cm³/mol. The van der Waals surface area contributed by atoms with Crippen molar-refractivity contribution in [3.05, 3.63) is 36.4 Å². The zero-order chi connectivity index (χ0) is 10.1. The second-order valence-electron chi connectivity index (χ2n) is 3.81. The first-order valence-electron chi connectivity index (χ1n) is 4.77. The molecule has 0 unspecified atom stereocenters. The van der Waals surface area contributed by atoms with Crippen LogP contribution in [0.1, 0.15) is 13.8 Å². The van der Waals surface area contributed by atoms with Crippen LogP contribution >= 0.6 is 0 Å². The molecule has 1 aromatic rings. The fourth-order valence-electron chi connectivity index (χ4n) is 1.12. The highest BCUT2D eigenvalue weighted by atomic mass is 15.0. The Morgan fingerprint density at radius 1 is 0.846 bits per heavy atom. The van der Waals surface area contributed by atoms with Crippen molar-refractivity contribution in [2.45, 2.75) is 13.8 Å². The van der Waals surface area contributed by atoms with Crippen LogP contribution in [0.25, 0.3) is 0 Å². The van der Waals surface area contributed by atoms with Crippen molar-refractivity contribution in [3.63, 3.8) is 0 Å². The summed E-state index contributed by atoms with van der Waals surface area (Å²) in [5, 5.41) is 0. The van der Waals surface area contributed by atoms with Crippen molar-refractivity contribution >= 4 is 0 Å². The number of rotatable bonds is 2. The van der Waals surface area contributed by atoms with E-state index in [9.17, 15) is 0 Å². The molecule has 0 spiro atoms. The lowest BCUT2D eigenvalue weighted by atomic mass is 10.2. The Labute approximate surface area is 82.4 Å². The molecule has 1 nitrogen and oxygen atoms in total. The van der Waals surface area contributed by atoms with E-state index in [0.29, 0.717) is 0 Å². The summed E-state index contributed by atoms with van der Waals surface area (Å²) < 4.78 is 0. The summed E-state index contributed by atoms with van der Waals surface area (Å²) in [5.74, 6) is 0.801. The summed E-state index contributed by atoms with van der Waals surface area (Å²) in [6, 6.07) is 12.0. The van der Waals surface area contributed by atoms with Gasteiger partial charge >= 0.3 is 0 Å². The Bertz CT molecular complexity index is 147. The van der Waals surface area contributed by atoms with E-state index in [0.717, 1.165) is 5.92 Å². The van der Waals surface area contributed by atoms with Crippen LogP contribution in [0.3, 0.4) is 0 Å². The molecule has 1 aromatic carbocycles. The molecule has 0 aliphatic heterocycles. The SMILES string of the molecule is CC(C)CN(C)C.c1ccccc1. The average molecular weight is 179 g/mol. The summed E-state index contributed by atoms with van der Waals surface area (Å²) >= 11 is 0. The maximum absolute atomic E-state index is 2.22. The molecule has 74 valence electrons. The molecule has 0 aliphatic rings. The van der Waals surface area contributed by atoms with Crippen LogP contribution in [0.5, 0.6) is 0 Å². The highest BCUT2D eigenvalue weighted by molar-refractivity contribution is 4.99. The molecule has 0 fully saturated rings. The first-order chi connectivity index (χ1) is 6.13. The Kier molecular flexibility index (Phi) is 7.32. The smallest absolute Gasteiger partial charge is 0.000172 e. The minimum atomic E-state index is 0.801. The quantitative estimate of drug-likeness (QED) is 0.674. The number of nitrogens with zero attached hydrogens (tertiary/aromatic N) is 1. The van der Waals surface area contributed by atoms with E-state index in [4.69, 9.17) is 0 Å². The largest absolute Gasteiger partial charge is 0.309 e. The van der Waals surface area contributed by atoms with Crippen molar-refractivity contribution in [2.24, 2.45) is 5.92 Å². The summed E-state index contributed by atoms with van der Waals surface area (Å²) in [6.45, 7) is 5.64.